The van der Waals surface area contributed by atoms with Gasteiger partial charge in [-0.2, -0.15) is 0 Å². The summed E-state index contributed by atoms with van der Waals surface area (Å²) in [6, 6.07) is 0. The van der Waals surface area contributed by atoms with Crippen molar-refractivity contribution in [2.24, 2.45) is 5.73 Å². The molecule has 88 valence electrons. The third-order valence-electron chi connectivity index (χ3n) is 3.53. The molecule has 1 unspecified atom stereocenters. The highest BCUT2D eigenvalue weighted by molar-refractivity contribution is 6.18. The molecule has 0 aromatic rings. The first kappa shape index (κ1) is 11.0. The molecule has 0 radical (unpaired) electrons. The van der Waals surface area contributed by atoms with Crippen LogP contribution in [0.25, 0.3) is 0 Å². The van der Waals surface area contributed by atoms with Gasteiger partial charge in [0.25, 0.3) is 11.8 Å². The number of piperidine rings is 1. The van der Waals surface area contributed by atoms with Gasteiger partial charge >= 0.3 is 0 Å². The molecule has 2 N–H and O–H groups in total. The molecular weight excluding hydrogens is 206 g/mol. The predicted octanol–water partition coefficient (Wildman–Crippen LogP) is 0.0297. The zero-order chi connectivity index (χ0) is 11.9. The summed E-state index contributed by atoms with van der Waals surface area (Å²) in [6.45, 7) is 2.50. The van der Waals surface area contributed by atoms with Crippen LogP contribution in [0.4, 0.5) is 0 Å². The van der Waals surface area contributed by atoms with Crippen LogP contribution in [0.1, 0.15) is 26.2 Å². The Kier molecular flexibility index (Phi) is 2.61. The number of fused-ring (bicyclic) bond motifs is 1. The lowest BCUT2D eigenvalue weighted by molar-refractivity contribution is -0.138. The van der Waals surface area contributed by atoms with Crippen LogP contribution in [-0.2, 0) is 9.59 Å². The average molecular weight is 223 g/mol. The van der Waals surface area contributed by atoms with E-state index in [2.05, 4.69) is 0 Å². The van der Waals surface area contributed by atoms with Gasteiger partial charge in [-0.1, -0.05) is 0 Å². The summed E-state index contributed by atoms with van der Waals surface area (Å²) in [5.74, 6) is -0.828. The smallest absolute Gasteiger partial charge is 0.262 e. The third kappa shape index (κ3) is 1.47. The fraction of sp³-hybridized carbons (Fsp3) is 0.636. The number of nitrogens with zero attached hydrogens (tertiary/aromatic N) is 2. The maximum absolute atomic E-state index is 12.1. The van der Waals surface area contributed by atoms with E-state index in [0.29, 0.717) is 5.70 Å². The number of hydrogen-bond donors (Lipinski definition) is 1. The maximum Gasteiger partial charge on any atom is 0.262 e. The maximum atomic E-state index is 12.1. The molecule has 1 saturated heterocycles. The van der Waals surface area contributed by atoms with Crippen molar-refractivity contribution >= 4 is 11.8 Å². The first-order valence-corrected chi connectivity index (χ1v) is 5.58. The largest absolute Gasteiger partial charge is 0.365 e. The minimum Gasteiger partial charge on any atom is -0.365 e. The Morgan fingerprint density at radius 1 is 1.44 bits per heavy atom. The first-order valence-electron chi connectivity index (χ1n) is 5.58. The standard InChI is InChI=1S/C11H17N3O2/c1-7-9(10(12)15)11(16)14-6-4-3-5-8(14)13(7)2/h8H,3-6H2,1-2H3,(H2,12,15). The number of carbonyl (C=O) groups is 2. The van der Waals surface area contributed by atoms with Gasteiger partial charge in [-0.15, -0.1) is 0 Å². The quantitative estimate of drug-likeness (QED) is 0.638. The van der Waals surface area contributed by atoms with Gasteiger partial charge in [0.15, 0.2) is 0 Å². The van der Waals surface area contributed by atoms with E-state index in [1.165, 1.54) is 0 Å². The van der Waals surface area contributed by atoms with E-state index < -0.39 is 5.91 Å². The molecule has 5 nitrogen and oxygen atoms in total. The predicted molar refractivity (Wildman–Crippen MR) is 59.0 cm³/mol. The van der Waals surface area contributed by atoms with Gasteiger partial charge in [-0.05, 0) is 26.2 Å². The Morgan fingerprint density at radius 3 is 2.75 bits per heavy atom. The normalized spacial score (nSPS) is 25.9. The monoisotopic (exact) mass is 223 g/mol. The second-order valence-corrected chi connectivity index (χ2v) is 4.41. The lowest BCUT2D eigenvalue weighted by atomic mass is 9.99. The van der Waals surface area contributed by atoms with Crippen LogP contribution in [0.3, 0.4) is 0 Å². The van der Waals surface area contributed by atoms with E-state index in [4.69, 9.17) is 5.73 Å². The molecule has 1 fully saturated rings. The van der Waals surface area contributed by atoms with Crippen molar-refractivity contribution in [1.82, 2.24) is 9.80 Å². The van der Waals surface area contributed by atoms with Crippen LogP contribution >= 0.6 is 0 Å². The SMILES string of the molecule is CC1=C(C(N)=O)C(=O)N2CCCCC2N1C. The van der Waals surface area contributed by atoms with Gasteiger partial charge in [-0.3, -0.25) is 9.59 Å². The Morgan fingerprint density at radius 2 is 2.12 bits per heavy atom. The summed E-state index contributed by atoms with van der Waals surface area (Å²) in [5.41, 5.74) is 6.10. The van der Waals surface area contributed by atoms with Gasteiger partial charge in [-0.25, -0.2) is 0 Å². The number of carbonyl (C=O) groups excluding carboxylic acids is 2. The molecule has 2 amide bonds. The van der Waals surface area contributed by atoms with E-state index in [1.807, 2.05) is 11.9 Å². The van der Waals surface area contributed by atoms with Crippen molar-refractivity contribution in [1.29, 1.82) is 0 Å². The summed E-state index contributed by atoms with van der Waals surface area (Å²) in [4.78, 5) is 27.1. The summed E-state index contributed by atoms with van der Waals surface area (Å²) in [7, 11) is 1.91. The number of nitrogens with two attached hydrogens (primary N) is 1. The Hall–Kier alpha value is -1.52. The lowest BCUT2D eigenvalue weighted by Crippen LogP contribution is -2.57. The van der Waals surface area contributed by atoms with Crippen molar-refractivity contribution in [2.45, 2.75) is 32.4 Å². The molecule has 0 aromatic carbocycles. The van der Waals surface area contributed by atoms with Crippen LogP contribution in [0.5, 0.6) is 0 Å². The van der Waals surface area contributed by atoms with Crippen molar-refractivity contribution in [2.75, 3.05) is 13.6 Å². The molecule has 16 heavy (non-hydrogen) atoms. The van der Waals surface area contributed by atoms with E-state index in [-0.39, 0.29) is 17.6 Å². The van der Waals surface area contributed by atoms with Crippen molar-refractivity contribution in [3.63, 3.8) is 0 Å². The fourth-order valence-corrected chi connectivity index (χ4v) is 2.54. The third-order valence-corrected chi connectivity index (χ3v) is 3.53. The Labute approximate surface area is 94.9 Å². The molecular formula is C11H17N3O2. The minimum atomic E-state index is -0.627. The molecule has 0 spiro atoms. The van der Waals surface area contributed by atoms with E-state index in [1.54, 1.807) is 11.8 Å². The van der Waals surface area contributed by atoms with Gasteiger partial charge in [0.2, 0.25) is 0 Å². The van der Waals surface area contributed by atoms with Crippen molar-refractivity contribution in [3.05, 3.63) is 11.3 Å². The molecule has 2 heterocycles. The molecule has 2 rings (SSSR count). The van der Waals surface area contributed by atoms with E-state index in [0.717, 1.165) is 25.8 Å². The molecule has 5 heteroatoms. The Bertz CT molecular complexity index is 375. The number of allylic oxidation sites excluding steroid dienone is 1. The molecule has 0 aromatic heterocycles. The second-order valence-electron chi connectivity index (χ2n) is 4.41. The molecule has 0 saturated carbocycles. The molecule has 2 aliphatic rings. The summed E-state index contributed by atoms with van der Waals surface area (Å²) < 4.78 is 0. The van der Waals surface area contributed by atoms with Crippen LogP contribution in [0, 0.1) is 0 Å². The van der Waals surface area contributed by atoms with Gasteiger partial charge < -0.3 is 15.5 Å². The summed E-state index contributed by atoms with van der Waals surface area (Å²) >= 11 is 0. The average Bonchev–Trinajstić information content (AvgIpc) is 2.26. The molecule has 0 aliphatic carbocycles. The number of amides is 2. The number of rotatable bonds is 1. The van der Waals surface area contributed by atoms with Crippen LogP contribution in [0.2, 0.25) is 0 Å². The summed E-state index contributed by atoms with van der Waals surface area (Å²) in [5, 5.41) is 0. The van der Waals surface area contributed by atoms with Crippen LogP contribution < -0.4 is 5.73 Å². The molecule has 0 bridgehead atoms. The van der Waals surface area contributed by atoms with Crippen LogP contribution in [0.15, 0.2) is 11.3 Å². The van der Waals surface area contributed by atoms with E-state index >= 15 is 0 Å². The van der Waals surface area contributed by atoms with Gasteiger partial charge in [0.1, 0.15) is 11.7 Å². The lowest BCUT2D eigenvalue weighted by Gasteiger charge is -2.46. The topological polar surface area (TPSA) is 66.6 Å². The fourth-order valence-electron chi connectivity index (χ4n) is 2.54. The van der Waals surface area contributed by atoms with Crippen molar-refractivity contribution < 1.29 is 9.59 Å². The molecule has 1 atom stereocenters. The first-order chi connectivity index (χ1) is 7.54. The Balaban J connectivity index is 2.42. The van der Waals surface area contributed by atoms with Crippen molar-refractivity contribution in [3.8, 4) is 0 Å². The van der Waals surface area contributed by atoms with E-state index in [9.17, 15) is 9.59 Å². The van der Waals surface area contributed by atoms with Gasteiger partial charge in [0.05, 0.1) is 0 Å². The minimum absolute atomic E-state index is 0.101. The molecule has 2 aliphatic heterocycles. The zero-order valence-electron chi connectivity index (χ0n) is 9.69. The second kappa shape index (κ2) is 3.81. The highest BCUT2D eigenvalue weighted by Gasteiger charge is 2.39. The highest BCUT2D eigenvalue weighted by atomic mass is 16.2. The number of primary amides is 1. The summed E-state index contributed by atoms with van der Waals surface area (Å²) in [6.07, 6.45) is 3.19. The number of hydrogen-bond acceptors (Lipinski definition) is 3. The highest BCUT2D eigenvalue weighted by Crippen LogP contribution is 2.29. The zero-order valence-corrected chi connectivity index (χ0v) is 9.69. The van der Waals surface area contributed by atoms with Crippen LogP contribution in [-0.4, -0.2) is 41.4 Å². The van der Waals surface area contributed by atoms with Gasteiger partial charge in [0, 0.05) is 19.3 Å².